The molecule has 1 saturated heterocycles. The molecule has 19 heavy (non-hydrogen) atoms. The number of nitrogens with one attached hydrogen (secondary N) is 1. The van der Waals surface area contributed by atoms with Crippen molar-refractivity contribution in [3.8, 4) is 6.07 Å². The van der Waals surface area contributed by atoms with Gasteiger partial charge in [0, 0.05) is 18.6 Å². The average molecular weight is 265 g/mol. The summed E-state index contributed by atoms with van der Waals surface area (Å²) in [6.45, 7) is 13.2. The van der Waals surface area contributed by atoms with E-state index in [-0.39, 0.29) is 29.3 Å². The standard InChI is InChI=1S/C15H27N3O/c1-10(2)18-9-12(7-13(18)8-16)14(19)17-11(3)15(4,5)6/h10-13H,7,9H2,1-6H3,(H,17,19). The first kappa shape index (κ1) is 16.0. The first-order valence-corrected chi connectivity index (χ1v) is 7.12. The van der Waals surface area contributed by atoms with E-state index in [1.165, 1.54) is 0 Å². The van der Waals surface area contributed by atoms with Crippen LogP contribution in [-0.2, 0) is 4.79 Å². The van der Waals surface area contributed by atoms with Crippen LogP contribution in [0, 0.1) is 22.7 Å². The van der Waals surface area contributed by atoms with Crippen molar-refractivity contribution in [1.29, 1.82) is 5.26 Å². The fourth-order valence-corrected chi connectivity index (χ4v) is 2.30. The van der Waals surface area contributed by atoms with E-state index in [0.29, 0.717) is 19.0 Å². The third-order valence-electron chi connectivity index (χ3n) is 4.18. The van der Waals surface area contributed by atoms with Gasteiger partial charge >= 0.3 is 0 Å². The van der Waals surface area contributed by atoms with Crippen molar-refractivity contribution < 1.29 is 4.79 Å². The van der Waals surface area contributed by atoms with E-state index in [4.69, 9.17) is 0 Å². The molecule has 1 aliphatic heterocycles. The van der Waals surface area contributed by atoms with Gasteiger partial charge in [-0.2, -0.15) is 5.26 Å². The molecule has 0 aromatic rings. The SMILES string of the molecule is CC(C)N1CC(C(=O)NC(C)C(C)(C)C)CC1C#N. The van der Waals surface area contributed by atoms with Gasteiger partial charge in [0.2, 0.25) is 5.91 Å². The minimum Gasteiger partial charge on any atom is -0.353 e. The van der Waals surface area contributed by atoms with Gasteiger partial charge in [0.05, 0.1) is 18.0 Å². The maximum absolute atomic E-state index is 12.3. The largest absolute Gasteiger partial charge is 0.353 e. The quantitative estimate of drug-likeness (QED) is 0.850. The zero-order valence-corrected chi connectivity index (χ0v) is 13.0. The molecule has 1 fully saturated rings. The normalized spacial score (nSPS) is 26.2. The van der Waals surface area contributed by atoms with E-state index < -0.39 is 0 Å². The molecule has 108 valence electrons. The first-order valence-electron chi connectivity index (χ1n) is 7.12. The summed E-state index contributed by atoms with van der Waals surface area (Å²) >= 11 is 0. The Hall–Kier alpha value is -1.08. The number of nitrogens with zero attached hydrogens (tertiary/aromatic N) is 2. The monoisotopic (exact) mass is 265 g/mol. The van der Waals surface area contributed by atoms with E-state index >= 15 is 0 Å². The summed E-state index contributed by atoms with van der Waals surface area (Å²) in [4.78, 5) is 14.4. The maximum atomic E-state index is 12.3. The summed E-state index contributed by atoms with van der Waals surface area (Å²) in [5.41, 5.74) is 0.0562. The van der Waals surface area contributed by atoms with Crippen LogP contribution in [0.3, 0.4) is 0 Å². The lowest BCUT2D eigenvalue weighted by Crippen LogP contribution is -2.44. The van der Waals surface area contributed by atoms with Crippen molar-refractivity contribution in [2.75, 3.05) is 6.54 Å². The second-order valence-electron chi connectivity index (χ2n) is 6.96. The lowest BCUT2D eigenvalue weighted by atomic mass is 9.87. The van der Waals surface area contributed by atoms with Crippen LogP contribution in [0.4, 0.5) is 0 Å². The Balaban J connectivity index is 2.64. The molecule has 0 spiro atoms. The molecule has 1 N–H and O–H groups in total. The van der Waals surface area contributed by atoms with Gasteiger partial charge in [0.15, 0.2) is 0 Å². The van der Waals surface area contributed by atoms with Gasteiger partial charge < -0.3 is 5.32 Å². The minimum atomic E-state index is -0.124. The molecule has 0 aromatic heterocycles. The zero-order valence-electron chi connectivity index (χ0n) is 13.0. The molecule has 4 nitrogen and oxygen atoms in total. The number of likely N-dealkylation sites (tertiary alicyclic amines) is 1. The van der Waals surface area contributed by atoms with E-state index in [2.05, 4.69) is 50.9 Å². The summed E-state index contributed by atoms with van der Waals surface area (Å²) < 4.78 is 0. The van der Waals surface area contributed by atoms with Crippen molar-refractivity contribution in [1.82, 2.24) is 10.2 Å². The van der Waals surface area contributed by atoms with Crippen LogP contribution in [0.2, 0.25) is 0 Å². The fraction of sp³-hybridized carbons (Fsp3) is 0.867. The molecule has 1 heterocycles. The van der Waals surface area contributed by atoms with Crippen LogP contribution in [-0.4, -0.2) is 35.5 Å². The van der Waals surface area contributed by atoms with Crippen molar-refractivity contribution in [3.63, 3.8) is 0 Å². The highest BCUT2D eigenvalue weighted by molar-refractivity contribution is 5.79. The predicted molar refractivity (Wildman–Crippen MR) is 76.4 cm³/mol. The number of amides is 1. The minimum absolute atomic E-state index is 0.0562. The molecular weight excluding hydrogens is 238 g/mol. The van der Waals surface area contributed by atoms with Crippen LogP contribution in [0.25, 0.3) is 0 Å². The van der Waals surface area contributed by atoms with Crippen LogP contribution >= 0.6 is 0 Å². The van der Waals surface area contributed by atoms with Gasteiger partial charge in [-0.1, -0.05) is 20.8 Å². The second-order valence-corrected chi connectivity index (χ2v) is 6.96. The number of rotatable bonds is 3. The summed E-state index contributed by atoms with van der Waals surface area (Å²) in [7, 11) is 0. The highest BCUT2D eigenvalue weighted by atomic mass is 16.2. The fourth-order valence-electron chi connectivity index (χ4n) is 2.30. The summed E-state index contributed by atoms with van der Waals surface area (Å²) in [5.74, 6) is 0.0303. The number of carbonyl (C=O) groups excluding carboxylic acids is 1. The van der Waals surface area contributed by atoms with Crippen LogP contribution in [0.5, 0.6) is 0 Å². The number of hydrogen-bond donors (Lipinski definition) is 1. The van der Waals surface area contributed by atoms with Crippen molar-refractivity contribution in [2.24, 2.45) is 11.3 Å². The molecule has 0 bridgehead atoms. The lowest BCUT2D eigenvalue weighted by molar-refractivity contribution is -0.126. The zero-order chi connectivity index (χ0) is 14.8. The Labute approximate surface area is 117 Å². The third-order valence-corrected chi connectivity index (χ3v) is 4.18. The topological polar surface area (TPSA) is 56.1 Å². The molecular formula is C15H27N3O. The van der Waals surface area contributed by atoms with Gasteiger partial charge in [0.25, 0.3) is 0 Å². The highest BCUT2D eigenvalue weighted by Crippen LogP contribution is 2.26. The maximum Gasteiger partial charge on any atom is 0.224 e. The van der Waals surface area contributed by atoms with Crippen molar-refractivity contribution >= 4 is 5.91 Å². The predicted octanol–water partition coefficient (Wildman–Crippen LogP) is 2.16. The Bertz CT molecular complexity index is 365. The number of hydrogen-bond acceptors (Lipinski definition) is 3. The third kappa shape index (κ3) is 3.94. The first-order chi connectivity index (χ1) is 8.66. The molecule has 0 radical (unpaired) electrons. The Morgan fingerprint density at radius 2 is 1.95 bits per heavy atom. The van der Waals surface area contributed by atoms with Gasteiger partial charge in [-0.05, 0) is 32.6 Å². The van der Waals surface area contributed by atoms with Gasteiger partial charge in [-0.3, -0.25) is 9.69 Å². The van der Waals surface area contributed by atoms with Gasteiger partial charge in [-0.15, -0.1) is 0 Å². The summed E-state index contributed by atoms with van der Waals surface area (Å²) in [6.07, 6.45) is 0.650. The van der Waals surface area contributed by atoms with Gasteiger partial charge in [0.1, 0.15) is 0 Å². The van der Waals surface area contributed by atoms with E-state index in [9.17, 15) is 10.1 Å². The Kier molecular flexibility index (Phi) is 4.98. The molecule has 4 heteroatoms. The molecule has 1 aliphatic rings. The molecule has 1 amide bonds. The number of nitriles is 1. The van der Waals surface area contributed by atoms with E-state index in [1.807, 2.05) is 6.92 Å². The van der Waals surface area contributed by atoms with Gasteiger partial charge in [-0.25, -0.2) is 0 Å². The van der Waals surface area contributed by atoms with E-state index in [0.717, 1.165) is 0 Å². The Morgan fingerprint density at radius 3 is 2.32 bits per heavy atom. The second kappa shape index (κ2) is 5.92. The molecule has 0 saturated carbocycles. The molecule has 1 rings (SSSR count). The summed E-state index contributed by atoms with van der Waals surface area (Å²) in [6, 6.07) is 2.63. The smallest absolute Gasteiger partial charge is 0.224 e. The van der Waals surface area contributed by atoms with Crippen LogP contribution in [0.15, 0.2) is 0 Å². The highest BCUT2D eigenvalue weighted by Gasteiger charge is 2.38. The molecule has 3 unspecified atom stereocenters. The van der Waals surface area contributed by atoms with Crippen molar-refractivity contribution in [2.45, 2.75) is 66.1 Å². The van der Waals surface area contributed by atoms with Crippen LogP contribution < -0.4 is 5.32 Å². The number of carbonyl (C=O) groups is 1. The molecule has 3 atom stereocenters. The molecule has 0 aromatic carbocycles. The Morgan fingerprint density at radius 1 is 1.37 bits per heavy atom. The molecule has 0 aliphatic carbocycles. The lowest BCUT2D eigenvalue weighted by Gasteiger charge is -2.29. The van der Waals surface area contributed by atoms with Crippen molar-refractivity contribution in [3.05, 3.63) is 0 Å². The average Bonchev–Trinajstić information content (AvgIpc) is 2.71. The summed E-state index contributed by atoms with van der Waals surface area (Å²) in [5, 5.41) is 12.3. The van der Waals surface area contributed by atoms with E-state index in [1.54, 1.807) is 0 Å². The van der Waals surface area contributed by atoms with Crippen LogP contribution in [0.1, 0.15) is 48.0 Å².